The van der Waals surface area contributed by atoms with Crippen molar-refractivity contribution in [2.24, 2.45) is 5.92 Å². The molecule has 4 nitrogen and oxygen atoms in total. The summed E-state index contributed by atoms with van der Waals surface area (Å²) >= 11 is 0. The highest BCUT2D eigenvalue weighted by molar-refractivity contribution is 5.87. The molecule has 1 amide bonds. The number of Topliss-reactive ketones (excluding diaryl/α,β-unsaturated/α-hetero) is 1. The summed E-state index contributed by atoms with van der Waals surface area (Å²) in [6.07, 6.45) is 0. The van der Waals surface area contributed by atoms with Crippen LogP contribution in [0, 0.1) is 5.92 Å². The Labute approximate surface area is 101 Å². The van der Waals surface area contributed by atoms with Crippen molar-refractivity contribution in [2.45, 2.75) is 13.8 Å². The lowest BCUT2D eigenvalue weighted by molar-refractivity contribution is -0.127. The second kappa shape index (κ2) is 6.68. The van der Waals surface area contributed by atoms with Gasteiger partial charge >= 0.3 is 0 Å². The van der Waals surface area contributed by atoms with Gasteiger partial charge in [-0.25, -0.2) is 0 Å². The maximum absolute atomic E-state index is 11.4. The smallest absolute Gasteiger partial charge is 0.258 e. The van der Waals surface area contributed by atoms with Crippen LogP contribution in [0.15, 0.2) is 30.3 Å². The number of hydrogen-bond donors (Lipinski definition) is 1. The fraction of sp³-hybridized carbons (Fsp3) is 0.385. The van der Waals surface area contributed by atoms with E-state index in [-0.39, 0.29) is 30.8 Å². The van der Waals surface area contributed by atoms with Gasteiger partial charge in [-0.3, -0.25) is 9.59 Å². The zero-order valence-corrected chi connectivity index (χ0v) is 10.1. The van der Waals surface area contributed by atoms with Gasteiger partial charge < -0.3 is 10.1 Å². The SMILES string of the molecule is CC(C)C(=O)CNC(=O)COc1ccccc1. The minimum Gasteiger partial charge on any atom is -0.484 e. The molecule has 0 bridgehead atoms. The Morgan fingerprint density at radius 1 is 1.24 bits per heavy atom. The van der Waals surface area contributed by atoms with Crippen molar-refractivity contribution >= 4 is 11.7 Å². The first kappa shape index (κ1) is 13.2. The van der Waals surface area contributed by atoms with E-state index in [0.29, 0.717) is 5.75 Å². The number of nitrogens with one attached hydrogen (secondary N) is 1. The van der Waals surface area contributed by atoms with Crippen LogP contribution in [0.5, 0.6) is 5.75 Å². The predicted octanol–water partition coefficient (Wildman–Crippen LogP) is 1.41. The molecule has 0 atom stereocenters. The van der Waals surface area contributed by atoms with Crippen LogP contribution >= 0.6 is 0 Å². The molecule has 0 saturated carbocycles. The quantitative estimate of drug-likeness (QED) is 0.811. The second-order valence-electron chi connectivity index (χ2n) is 4.00. The van der Waals surface area contributed by atoms with Crippen molar-refractivity contribution in [3.8, 4) is 5.75 Å². The molecule has 0 saturated heterocycles. The lowest BCUT2D eigenvalue weighted by Crippen LogP contribution is -2.34. The van der Waals surface area contributed by atoms with E-state index in [0.717, 1.165) is 0 Å². The Balaban J connectivity index is 2.24. The molecule has 0 aliphatic carbocycles. The Kier molecular flexibility index (Phi) is 5.20. The zero-order chi connectivity index (χ0) is 12.7. The van der Waals surface area contributed by atoms with Gasteiger partial charge in [0.2, 0.25) is 0 Å². The molecule has 0 spiro atoms. The largest absolute Gasteiger partial charge is 0.484 e. The number of ether oxygens (including phenoxy) is 1. The third-order valence-corrected chi connectivity index (χ3v) is 2.22. The van der Waals surface area contributed by atoms with Crippen molar-refractivity contribution in [2.75, 3.05) is 13.2 Å². The molecule has 92 valence electrons. The normalized spacial score (nSPS) is 10.1. The number of ketones is 1. The summed E-state index contributed by atoms with van der Waals surface area (Å²) in [5.41, 5.74) is 0. The van der Waals surface area contributed by atoms with Gasteiger partial charge in [-0.15, -0.1) is 0 Å². The number of benzene rings is 1. The fourth-order valence-electron chi connectivity index (χ4n) is 1.11. The van der Waals surface area contributed by atoms with Gasteiger partial charge in [-0.2, -0.15) is 0 Å². The Bertz CT molecular complexity index is 374. The molecule has 1 rings (SSSR count). The molecule has 17 heavy (non-hydrogen) atoms. The molecule has 0 unspecified atom stereocenters. The van der Waals surface area contributed by atoms with Crippen molar-refractivity contribution in [3.05, 3.63) is 30.3 Å². The standard InChI is InChI=1S/C13H17NO3/c1-10(2)12(15)8-14-13(16)9-17-11-6-4-3-5-7-11/h3-7,10H,8-9H2,1-2H3,(H,14,16). The van der Waals surface area contributed by atoms with E-state index in [4.69, 9.17) is 4.74 Å². The summed E-state index contributed by atoms with van der Waals surface area (Å²) in [4.78, 5) is 22.6. The third-order valence-electron chi connectivity index (χ3n) is 2.22. The van der Waals surface area contributed by atoms with Crippen molar-refractivity contribution in [1.82, 2.24) is 5.32 Å². The molecular formula is C13H17NO3. The van der Waals surface area contributed by atoms with Crippen LogP contribution in [0.1, 0.15) is 13.8 Å². The van der Waals surface area contributed by atoms with Gasteiger partial charge in [0.25, 0.3) is 5.91 Å². The first-order valence-corrected chi connectivity index (χ1v) is 5.57. The van der Waals surface area contributed by atoms with E-state index in [1.807, 2.05) is 18.2 Å². The summed E-state index contributed by atoms with van der Waals surface area (Å²) in [7, 11) is 0. The second-order valence-corrected chi connectivity index (χ2v) is 4.00. The Morgan fingerprint density at radius 3 is 2.47 bits per heavy atom. The number of hydrogen-bond acceptors (Lipinski definition) is 3. The van der Waals surface area contributed by atoms with E-state index in [1.165, 1.54) is 0 Å². The number of rotatable bonds is 6. The molecule has 1 aromatic rings. The summed E-state index contributed by atoms with van der Waals surface area (Å²) in [6, 6.07) is 9.07. The minimum atomic E-state index is -0.289. The monoisotopic (exact) mass is 235 g/mol. The highest BCUT2D eigenvalue weighted by Crippen LogP contribution is 2.07. The Hall–Kier alpha value is -1.84. The van der Waals surface area contributed by atoms with E-state index in [2.05, 4.69) is 5.32 Å². The summed E-state index contributed by atoms with van der Waals surface area (Å²) in [6.45, 7) is 3.59. The molecule has 0 fully saturated rings. The molecule has 1 N–H and O–H groups in total. The molecule has 0 heterocycles. The maximum atomic E-state index is 11.4. The van der Waals surface area contributed by atoms with Crippen LogP contribution in [0.25, 0.3) is 0 Å². The average Bonchev–Trinajstić information content (AvgIpc) is 2.34. The predicted molar refractivity (Wildman–Crippen MR) is 64.8 cm³/mol. The van der Waals surface area contributed by atoms with Crippen LogP contribution in [-0.4, -0.2) is 24.8 Å². The van der Waals surface area contributed by atoms with E-state index < -0.39 is 0 Å². The third kappa shape index (κ3) is 5.15. The molecule has 4 heteroatoms. The molecule has 0 aromatic heterocycles. The summed E-state index contributed by atoms with van der Waals surface area (Å²) in [5, 5.41) is 2.52. The van der Waals surface area contributed by atoms with Gasteiger partial charge in [0.05, 0.1) is 6.54 Å². The minimum absolute atomic E-state index is 0.0121. The van der Waals surface area contributed by atoms with Crippen LogP contribution < -0.4 is 10.1 Å². The van der Waals surface area contributed by atoms with Crippen molar-refractivity contribution in [1.29, 1.82) is 0 Å². The van der Waals surface area contributed by atoms with Crippen LogP contribution in [-0.2, 0) is 9.59 Å². The number of amides is 1. The lowest BCUT2D eigenvalue weighted by atomic mass is 10.1. The van der Waals surface area contributed by atoms with E-state index >= 15 is 0 Å². The molecule has 0 aliphatic heterocycles. The van der Waals surface area contributed by atoms with Gasteiger partial charge in [0, 0.05) is 5.92 Å². The topological polar surface area (TPSA) is 55.4 Å². The van der Waals surface area contributed by atoms with E-state index in [9.17, 15) is 9.59 Å². The lowest BCUT2D eigenvalue weighted by Gasteiger charge is -2.08. The van der Waals surface area contributed by atoms with Gasteiger partial charge in [-0.1, -0.05) is 32.0 Å². The highest BCUT2D eigenvalue weighted by atomic mass is 16.5. The Morgan fingerprint density at radius 2 is 1.88 bits per heavy atom. The summed E-state index contributed by atoms with van der Waals surface area (Å²) < 4.78 is 5.24. The average molecular weight is 235 g/mol. The van der Waals surface area contributed by atoms with Crippen LogP contribution in [0.3, 0.4) is 0 Å². The molecule has 1 aromatic carbocycles. The van der Waals surface area contributed by atoms with Crippen LogP contribution in [0.4, 0.5) is 0 Å². The van der Waals surface area contributed by atoms with Gasteiger partial charge in [-0.05, 0) is 12.1 Å². The molecular weight excluding hydrogens is 218 g/mol. The number of carbonyl (C=O) groups is 2. The fourth-order valence-corrected chi connectivity index (χ4v) is 1.11. The first-order valence-electron chi connectivity index (χ1n) is 5.57. The zero-order valence-electron chi connectivity index (χ0n) is 10.1. The van der Waals surface area contributed by atoms with Crippen molar-refractivity contribution in [3.63, 3.8) is 0 Å². The number of carbonyl (C=O) groups excluding carboxylic acids is 2. The summed E-state index contributed by atoms with van der Waals surface area (Å²) in [5.74, 6) is 0.295. The molecule has 0 radical (unpaired) electrons. The van der Waals surface area contributed by atoms with Crippen molar-refractivity contribution < 1.29 is 14.3 Å². The molecule has 0 aliphatic rings. The highest BCUT2D eigenvalue weighted by Gasteiger charge is 2.09. The first-order chi connectivity index (χ1) is 8.09. The van der Waals surface area contributed by atoms with Gasteiger partial charge in [0.1, 0.15) is 5.75 Å². The van der Waals surface area contributed by atoms with E-state index in [1.54, 1.807) is 26.0 Å². The number of para-hydroxylation sites is 1. The van der Waals surface area contributed by atoms with Crippen LogP contribution in [0.2, 0.25) is 0 Å². The van der Waals surface area contributed by atoms with Gasteiger partial charge in [0.15, 0.2) is 12.4 Å². The maximum Gasteiger partial charge on any atom is 0.258 e.